The minimum atomic E-state index is -4.77. The summed E-state index contributed by atoms with van der Waals surface area (Å²) in [7, 11) is -4.32. The van der Waals surface area contributed by atoms with Gasteiger partial charge >= 0.3 is 6.18 Å². The molecule has 0 amide bonds. The Morgan fingerprint density at radius 3 is 2.12 bits per heavy atom. The molecule has 0 aromatic heterocycles. The monoisotopic (exact) mass is 274 g/mol. The molecule has 0 bridgehead atoms. The Morgan fingerprint density at radius 1 is 1.25 bits per heavy atom. The van der Waals surface area contributed by atoms with Crippen molar-refractivity contribution in [2.75, 3.05) is 5.73 Å². The summed E-state index contributed by atoms with van der Waals surface area (Å²) in [6.45, 7) is 0. The molecule has 4 nitrogen and oxygen atoms in total. The second-order valence-corrected chi connectivity index (χ2v) is 4.85. The van der Waals surface area contributed by atoms with Gasteiger partial charge in [0, 0.05) is 5.69 Å². The first kappa shape index (κ1) is 13.1. The van der Waals surface area contributed by atoms with E-state index in [-0.39, 0.29) is 0 Å². The summed E-state index contributed by atoms with van der Waals surface area (Å²) in [6, 6.07) is 1.01. The van der Waals surface area contributed by atoms with E-state index in [9.17, 15) is 21.6 Å². The van der Waals surface area contributed by atoms with Crippen molar-refractivity contribution in [1.82, 2.24) is 0 Å². The molecule has 0 saturated carbocycles. The van der Waals surface area contributed by atoms with Crippen LogP contribution in [0.3, 0.4) is 0 Å². The molecule has 9 heteroatoms. The maximum Gasteiger partial charge on any atom is 0.418 e. The van der Waals surface area contributed by atoms with Gasteiger partial charge in [0.1, 0.15) is 4.90 Å². The molecule has 1 aromatic rings. The number of primary sulfonamides is 1. The van der Waals surface area contributed by atoms with Gasteiger partial charge in [-0.3, -0.25) is 0 Å². The van der Waals surface area contributed by atoms with Gasteiger partial charge in [0.2, 0.25) is 10.0 Å². The Bertz CT molecular complexity index is 527. The summed E-state index contributed by atoms with van der Waals surface area (Å²) >= 11 is 5.43. The smallest absolute Gasteiger partial charge is 0.398 e. The van der Waals surface area contributed by atoms with E-state index in [0.717, 1.165) is 0 Å². The highest BCUT2D eigenvalue weighted by atomic mass is 35.5. The zero-order valence-electron chi connectivity index (χ0n) is 7.55. The molecule has 1 aromatic carbocycles. The van der Waals surface area contributed by atoms with E-state index in [1.807, 2.05) is 0 Å². The second-order valence-electron chi connectivity index (χ2n) is 2.91. The van der Waals surface area contributed by atoms with Gasteiger partial charge in [-0.15, -0.1) is 0 Å². The predicted octanol–water partition coefficient (Wildman–Crippen LogP) is 1.59. The molecule has 1 rings (SSSR count). The van der Waals surface area contributed by atoms with E-state index in [4.69, 9.17) is 22.5 Å². The molecule has 0 saturated heterocycles. The van der Waals surface area contributed by atoms with E-state index < -0.39 is 37.4 Å². The Morgan fingerprint density at radius 2 is 1.75 bits per heavy atom. The minimum absolute atomic E-state index is 0.312. The average molecular weight is 275 g/mol. The summed E-state index contributed by atoms with van der Waals surface area (Å²) in [5, 5.41) is 4.25. The van der Waals surface area contributed by atoms with Gasteiger partial charge in [-0.25, -0.2) is 13.6 Å². The first-order valence-corrected chi connectivity index (χ1v) is 5.65. The van der Waals surface area contributed by atoms with Gasteiger partial charge in [-0.2, -0.15) is 13.2 Å². The Balaban J connectivity index is 3.58. The zero-order valence-corrected chi connectivity index (χ0v) is 9.12. The lowest BCUT2D eigenvalue weighted by molar-refractivity contribution is -0.137. The molecule has 90 valence electrons. The summed E-state index contributed by atoms with van der Waals surface area (Å²) in [6.07, 6.45) is -4.77. The van der Waals surface area contributed by atoms with Crippen LogP contribution in [0.4, 0.5) is 18.9 Å². The number of benzene rings is 1. The molecule has 0 spiro atoms. The van der Waals surface area contributed by atoms with Crippen LogP contribution in [0.25, 0.3) is 0 Å². The molecular formula is C7H6ClF3N2O2S. The van der Waals surface area contributed by atoms with Gasteiger partial charge < -0.3 is 5.73 Å². The van der Waals surface area contributed by atoms with E-state index in [2.05, 4.69) is 0 Å². The highest BCUT2D eigenvalue weighted by Gasteiger charge is 2.34. The molecule has 4 N–H and O–H groups in total. The number of sulfonamides is 1. The normalized spacial score (nSPS) is 12.8. The third-order valence-electron chi connectivity index (χ3n) is 1.72. The number of hydrogen-bond acceptors (Lipinski definition) is 3. The maximum absolute atomic E-state index is 12.4. The number of hydrogen-bond donors (Lipinski definition) is 2. The van der Waals surface area contributed by atoms with Crippen molar-refractivity contribution in [2.45, 2.75) is 11.1 Å². The SMILES string of the molecule is Nc1cc(Cl)c(S(N)(=O)=O)cc1C(F)(F)F. The van der Waals surface area contributed by atoms with Crippen LogP contribution in [0.2, 0.25) is 5.02 Å². The van der Waals surface area contributed by atoms with Crippen LogP contribution in [0, 0.1) is 0 Å². The van der Waals surface area contributed by atoms with Gasteiger partial charge in [0.05, 0.1) is 10.6 Å². The number of alkyl halides is 3. The first-order valence-electron chi connectivity index (χ1n) is 3.72. The third-order valence-corrected chi connectivity index (χ3v) is 3.09. The van der Waals surface area contributed by atoms with Gasteiger partial charge in [-0.1, -0.05) is 11.6 Å². The van der Waals surface area contributed by atoms with Crippen molar-refractivity contribution < 1.29 is 21.6 Å². The molecule has 0 atom stereocenters. The first-order chi connectivity index (χ1) is 7.03. The second kappa shape index (κ2) is 3.79. The number of rotatable bonds is 1. The van der Waals surface area contributed by atoms with Crippen LogP contribution in [0.5, 0.6) is 0 Å². The van der Waals surface area contributed by atoms with Crippen molar-refractivity contribution >= 4 is 27.3 Å². The molecular weight excluding hydrogens is 269 g/mol. The minimum Gasteiger partial charge on any atom is -0.398 e. The molecule has 0 unspecified atom stereocenters. The van der Waals surface area contributed by atoms with Crippen LogP contribution in [-0.2, 0) is 16.2 Å². The van der Waals surface area contributed by atoms with Crippen molar-refractivity contribution in [3.8, 4) is 0 Å². The Labute approximate surface area is 94.0 Å². The highest BCUT2D eigenvalue weighted by molar-refractivity contribution is 7.89. The van der Waals surface area contributed by atoms with Gasteiger partial charge in [-0.05, 0) is 12.1 Å². The van der Waals surface area contributed by atoms with Crippen molar-refractivity contribution in [3.63, 3.8) is 0 Å². The molecule has 16 heavy (non-hydrogen) atoms. The fraction of sp³-hybridized carbons (Fsp3) is 0.143. The molecule has 0 radical (unpaired) electrons. The summed E-state index contributed by atoms with van der Waals surface area (Å²) in [4.78, 5) is -0.810. The fourth-order valence-electron chi connectivity index (χ4n) is 1.03. The molecule has 0 heterocycles. The average Bonchev–Trinajstić information content (AvgIpc) is 1.97. The lowest BCUT2D eigenvalue weighted by atomic mass is 10.2. The highest BCUT2D eigenvalue weighted by Crippen LogP contribution is 2.37. The maximum atomic E-state index is 12.4. The number of anilines is 1. The number of halogens is 4. The topological polar surface area (TPSA) is 86.2 Å². The van der Waals surface area contributed by atoms with E-state index in [0.29, 0.717) is 12.1 Å². The van der Waals surface area contributed by atoms with Crippen LogP contribution >= 0.6 is 11.6 Å². The molecule has 0 aliphatic heterocycles. The molecule has 0 aliphatic rings. The van der Waals surface area contributed by atoms with Crippen LogP contribution in [0.15, 0.2) is 17.0 Å². The summed E-state index contributed by atoms with van der Waals surface area (Å²) in [5.41, 5.74) is 3.13. The summed E-state index contributed by atoms with van der Waals surface area (Å²) < 4.78 is 59.0. The largest absolute Gasteiger partial charge is 0.418 e. The predicted molar refractivity (Wildman–Crippen MR) is 52.2 cm³/mol. The van der Waals surface area contributed by atoms with Crippen molar-refractivity contribution in [1.29, 1.82) is 0 Å². The van der Waals surface area contributed by atoms with Gasteiger partial charge in [0.25, 0.3) is 0 Å². The summed E-state index contributed by atoms with van der Waals surface area (Å²) in [5.74, 6) is 0. The van der Waals surface area contributed by atoms with E-state index >= 15 is 0 Å². The molecule has 0 fully saturated rings. The van der Waals surface area contributed by atoms with Crippen molar-refractivity contribution in [3.05, 3.63) is 22.7 Å². The van der Waals surface area contributed by atoms with Crippen LogP contribution in [-0.4, -0.2) is 8.42 Å². The quantitative estimate of drug-likeness (QED) is 0.763. The van der Waals surface area contributed by atoms with E-state index in [1.165, 1.54) is 0 Å². The fourth-order valence-corrected chi connectivity index (χ4v) is 2.14. The lowest BCUT2D eigenvalue weighted by Gasteiger charge is -2.12. The van der Waals surface area contributed by atoms with Crippen LogP contribution < -0.4 is 10.9 Å². The van der Waals surface area contributed by atoms with Crippen molar-refractivity contribution in [2.24, 2.45) is 5.14 Å². The number of nitrogen functional groups attached to an aromatic ring is 1. The Kier molecular flexibility index (Phi) is 3.10. The van der Waals surface area contributed by atoms with Gasteiger partial charge in [0.15, 0.2) is 0 Å². The zero-order chi connectivity index (χ0) is 12.7. The van der Waals surface area contributed by atoms with E-state index in [1.54, 1.807) is 0 Å². The Hall–Kier alpha value is -0.990. The molecule has 0 aliphatic carbocycles. The van der Waals surface area contributed by atoms with Crippen LogP contribution in [0.1, 0.15) is 5.56 Å². The third kappa shape index (κ3) is 2.57. The lowest BCUT2D eigenvalue weighted by Crippen LogP contribution is -2.16. The number of nitrogens with two attached hydrogens (primary N) is 2. The standard InChI is InChI=1S/C7H6ClF3N2O2S/c8-4-2-5(12)3(7(9,10)11)1-6(4)16(13,14)15/h1-2H,12H2,(H2,13,14,15).